The summed E-state index contributed by atoms with van der Waals surface area (Å²) in [5, 5.41) is 3.16. The number of nitrogens with one attached hydrogen (secondary N) is 1. The standard InChI is InChI=1S/C14H26N4O/c1-7-18(11(4)8-19-6)14-12(10(2)3)13(15-5)16-9-17-14/h9-11H,7-8H2,1-6H3,(H,15,16,17). The van der Waals surface area contributed by atoms with Gasteiger partial charge < -0.3 is 15.0 Å². The van der Waals surface area contributed by atoms with E-state index >= 15 is 0 Å². The molecule has 0 bridgehead atoms. The summed E-state index contributed by atoms with van der Waals surface area (Å²) < 4.78 is 5.26. The maximum absolute atomic E-state index is 5.26. The van der Waals surface area contributed by atoms with Crippen LogP contribution in [0.5, 0.6) is 0 Å². The summed E-state index contributed by atoms with van der Waals surface area (Å²) in [5.74, 6) is 2.27. The number of hydrogen-bond donors (Lipinski definition) is 1. The number of hydrogen-bond acceptors (Lipinski definition) is 5. The first-order valence-electron chi connectivity index (χ1n) is 6.84. The lowest BCUT2D eigenvalue weighted by Crippen LogP contribution is -2.37. The highest BCUT2D eigenvalue weighted by molar-refractivity contribution is 5.60. The van der Waals surface area contributed by atoms with Crippen molar-refractivity contribution in [1.82, 2.24) is 9.97 Å². The van der Waals surface area contributed by atoms with Crippen molar-refractivity contribution >= 4 is 11.6 Å². The van der Waals surface area contributed by atoms with Crippen LogP contribution in [0, 0.1) is 0 Å². The Morgan fingerprint density at radius 2 is 2.00 bits per heavy atom. The molecular weight excluding hydrogens is 240 g/mol. The molecule has 108 valence electrons. The molecule has 1 unspecified atom stereocenters. The van der Waals surface area contributed by atoms with Crippen molar-refractivity contribution < 1.29 is 4.74 Å². The molecule has 5 heteroatoms. The highest BCUT2D eigenvalue weighted by atomic mass is 16.5. The fourth-order valence-electron chi connectivity index (χ4n) is 2.35. The van der Waals surface area contributed by atoms with Crippen LogP contribution in [0.15, 0.2) is 6.33 Å². The second-order valence-electron chi connectivity index (χ2n) is 4.95. The molecule has 0 aliphatic heterocycles. The minimum Gasteiger partial charge on any atom is -0.383 e. The van der Waals surface area contributed by atoms with Crippen LogP contribution in [-0.4, -0.2) is 43.3 Å². The van der Waals surface area contributed by atoms with Crippen molar-refractivity contribution in [2.75, 3.05) is 37.5 Å². The maximum atomic E-state index is 5.26. The third-order valence-electron chi connectivity index (χ3n) is 3.23. The van der Waals surface area contributed by atoms with Gasteiger partial charge in [0.2, 0.25) is 0 Å². The van der Waals surface area contributed by atoms with Crippen molar-refractivity contribution in [3.05, 3.63) is 11.9 Å². The van der Waals surface area contributed by atoms with E-state index in [1.807, 2.05) is 7.05 Å². The van der Waals surface area contributed by atoms with E-state index in [9.17, 15) is 0 Å². The lowest BCUT2D eigenvalue weighted by molar-refractivity contribution is 0.181. The van der Waals surface area contributed by atoms with Crippen LogP contribution in [-0.2, 0) is 4.74 Å². The van der Waals surface area contributed by atoms with Gasteiger partial charge in [-0.25, -0.2) is 9.97 Å². The molecule has 0 spiro atoms. The average molecular weight is 266 g/mol. The van der Waals surface area contributed by atoms with Gasteiger partial charge in [0.05, 0.1) is 12.6 Å². The molecular formula is C14H26N4O. The molecule has 0 amide bonds. The summed E-state index contributed by atoms with van der Waals surface area (Å²) in [6.07, 6.45) is 1.62. The average Bonchev–Trinajstić information content (AvgIpc) is 2.39. The van der Waals surface area contributed by atoms with Crippen molar-refractivity contribution in [3.8, 4) is 0 Å². The second kappa shape index (κ2) is 7.28. The van der Waals surface area contributed by atoms with Crippen molar-refractivity contribution in [2.45, 2.75) is 39.7 Å². The molecule has 0 aliphatic carbocycles. The molecule has 1 heterocycles. The number of aromatic nitrogens is 2. The smallest absolute Gasteiger partial charge is 0.137 e. The van der Waals surface area contributed by atoms with Gasteiger partial charge in [0, 0.05) is 26.3 Å². The molecule has 5 nitrogen and oxygen atoms in total. The van der Waals surface area contributed by atoms with Crippen LogP contribution in [0.2, 0.25) is 0 Å². The van der Waals surface area contributed by atoms with Gasteiger partial charge in [-0.1, -0.05) is 13.8 Å². The molecule has 1 aromatic rings. The Kier molecular flexibility index (Phi) is 6.02. The molecule has 1 rings (SSSR count). The number of anilines is 2. The SMILES string of the molecule is CCN(c1ncnc(NC)c1C(C)C)C(C)COC. The Balaban J connectivity index is 3.22. The first kappa shape index (κ1) is 15.7. The largest absolute Gasteiger partial charge is 0.383 e. The van der Waals surface area contributed by atoms with Crippen LogP contribution >= 0.6 is 0 Å². The van der Waals surface area contributed by atoms with E-state index in [-0.39, 0.29) is 6.04 Å². The normalized spacial score (nSPS) is 12.6. The topological polar surface area (TPSA) is 50.3 Å². The third kappa shape index (κ3) is 3.56. The molecule has 1 N–H and O–H groups in total. The van der Waals surface area contributed by atoms with Crippen LogP contribution in [0.25, 0.3) is 0 Å². The molecule has 0 saturated carbocycles. The van der Waals surface area contributed by atoms with Crippen LogP contribution < -0.4 is 10.2 Å². The van der Waals surface area contributed by atoms with E-state index in [2.05, 4.69) is 47.9 Å². The predicted octanol–water partition coefficient (Wildman–Crippen LogP) is 2.50. The van der Waals surface area contributed by atoms with Crippen molar-refractivity contribution in [2.24, 2.45) is 0 Å². The highest BCUT2D eigenvalue weighted by Gasteiger charge is 2.21. The summed E-state index contributed by atoms with van der Waals surface area (Å²) in [6, 6.07) is 0.284. The van der Waals surface area contributed by atoms with E-state index in [1.54, 1.807) is 13.4 Å². The number of methoxy groups -OCH3 is 1. The monoisotopic (exact) mass is 266 g/mol. The van der Waals surface area contributed by atoms with Gasteiger partial charge in [-0.2, -0.15) is 0 Å². The van der Waals surface area contributed by atoms with Gasteiger partial charge in [0.15, 0.2) is 0 Å². The first-order valence-corrected chi connectivity index (χ1v) is 6.84. The summed E-state index contributed by atoms with van der Waals surface area (Å²) in [5.41, 5.74) is 1.16. The molecule has 1 aromatic heterocycles. The zero-order valence-electron chi connectivity index (χ0n) is 12.9. The molecule has 19 heavy (non-hydrogen) atoms. The summed E-state index contributed by atoms with van der Waals surface area (Å²) in [4.78, 5) is 11.1. The van der Waals surface area contributed by atoms with Gasteiger partial charge in [0.1, 0.15) is 18.0 Å². The Hall–Kier alpha value is -1.36. The van der Waals surface area contributed by atoms with E-state index in [0.29, 0.717) is 12.5 Å². The Morgan fingerprint density at radius 3 is 2.47 bits per heavy atom. The fraction of sp³-hybridized carbons (Fsp3) is 0.714. The Bertz CT molecular complexity index is 395. The van der Waals surface area contributed by atoms with Gasteiger partial charge in [-0.15, -0.1) is 0 Å². The highest BCUT2D eigenvalue weighted by Crippen LogP contribution is 2.31. The summed E-state index contributed by atoms with van der Waals surface area (Å²) >= 11 is 0. The van der Waals surface area contributed by atoms with Crippen LogP contribution in [0.4, 0.5) is 11.6 Å². The maximum Gasteiger partial charge on any atom is 0.137 e. The fourth-order valence-corrected chi connectivity index (χ4v) is 2.35. The Morgan fingerprint density at radius 1 is 1.32 bits per heavy atom. The van der Waals surface area contributed by atoms with E-state index in [0.717, 1.165) is 23.7 Å². The molecule has 0 radical (unpaired) electrons. The number of nitrogens with zero attached hydrogens (tertiary/aromatic N) is 3. The van der Waals surface area contributed by atoms with Gasteiger partial charge in [0.25, 0.3) is 0 Å². The summed E-state index contributed by atoms with van der Waals surface area (Å²) in [6.45, 7) is 10.2. The van der Waals surface area contributed by atoms with E-state index < -0.39 is 0 Å². The lowest BCUT2D eigenvalue weighted by Gasteiger charge is -2.31. The van der Waals surface area contributed by atoms with Crippen molar-refractivity contribution in [3.63, 3.8) is 0 Å². The first-order chi connectivity index (χ1) is 9.06. The van der Waals surface area contributed by atoms with Gasteiger partial charge >= 0.3 is 0 Å². The minimum atomic E-state index is 0.284. The predicted molar refractivity (Wildman–Crippen MR) is 80.0 cm³/mol. The molecule has 0 fully saturated rings. The molecule has 0 aromatic carbocycles. The Labute approximate surface area is 116 Å². The molecule has 0 saturated heterocycles. The number of ether oxygens (including phenoxy) is 1. The van der Waals surface area contributed by atoms with E-state index in [1.165, 1.54) is 0 Å². The van der Waals surface area contributed by atoms with Gasteiger partial charge in [-0.3, -0.25) is 0 Å². The zero-order chi connectivity index (χ0) is 14.4. The molecule has 1 atom stereocenters. The van der Waals surface area contributed by atoms with Crippen LogP contribution in [0.3, 0.4) is 0 Å². The number of likely N-dealkylation sites (N-methyl/N-ethyl adjacent to an activating group) is 1. The second-order valence-corrected chi connectivity index (χ2v) is 4.95. The lowest BCUT2D eigenvalue weighted by atomic mass is 10.0. The van der Waals surface area contributed by atoms with Crippen LogP contribution in [0.1, 0.15) is 39.2 Å². The van der Waals surface area contributed by atoms with E-state index in [4.69, 9.17) is 4.74 Å². The minimum absolute atomic E-state index is 0.284. The quantitative estimate of drug-likeness (QED) is 0.821. The molecule has 0 aliphatic rings. The third-order valence-corrected chi connectivity index (χ3v) is 3.23. The van der Waals surface area contributed by atoms with Gasteiger partial charge in [-0.05, 0) is 19.8 Å². The number of rotatable bonds is 7. The summed E-state index contributed by atoms with van der Waals surface area (Å²) in [7, 11) is 3.62. The zero-order valence-corrected chi connectivity index (χ0v) is 12.9. The van der Waals surface area contributed by atoms with Crippen molar-refractivity contribution in [1.29, 1.82) is 0 Å².